The van der Waals surface area contributed by atoms with Gasteiger partial charge in [0.2, 0.25) is 0 Å². The number of fused-ring (bicyclic) bond motifs is 1. The molecule has 1 aromatic carbocycles. The number of nitrogens with zero attached hydrogens (tertiary/aromatic N) is 1. The molecule has 1 nitrogen and oxygen atoms in total. The first-order valence-electron chi connectivity index (χ1n) is 6.31. The Morgan fingerprint density at radius 1 is 1.18 bits per heavy atom. The van der Waals surface area contributed by atoms with E-state index in [1.54, 1.807) is 0 Å². The molecule has 2 aromatic rings. The molecule has 2 rings (SSSR count). The molecule has 0 radical (unpaired) electrons. The molecule has 1 unspecified atom stereocenters. The largest absolute Gasteiger partial charge is 0.346 e. The molecule has 2 heteroatoms. The molecule has 0 fully saturated rings. The van der Waals surface area contributed by atoms with Crippen LogP contribution in [0.15, 0.2) is 30.5 Å². The maximum atomic E-state index is 6.27. The smallest absolute Gasteiger partial charge is 0.0669 e. The van der Waals surface area contributed by atoms with Crippen molar-refractivity contribution in [2.24, 2.45) is 11.8 Å². The lowest BCUT2D eigenvalue weighted by Crippen LogP contribution is -2.09. The standard InChI is InChI=1S/C15H20ClN/c1-11(2)9-12(3)10-17-8-7-13-5-4-6-14(16)15(13)17/h4-8,11-12H,9-10H2,1-3H3. The van der Waals surface area contributed by atoms with Crippen LogP contribution in [0, 0.1) is 11.8 Å². The van der Waals surface area contributed by atoms with E-state index in [1.165, 1.54) is 17.3 Å². The Hall–Kier alpha value is -0.950. The molecule has 0 spiro atoms. The first-order chi connectivity index (χ1) is 8.08. The summed E-state index contributed by atoms with van der Waals surface area (Å²) in [6, 6.07) is 8.23. The lowest BCUT2D eigenvalue weighted by molar-refractivity contribution is 0.394. The number of halogens is 1. The van der Waals surface area contributed by atoms with E-state index in [2.05, 4.69) is 43.7 Å². The van der Waals surface area contributed by atoms with Crippen LogP contribution in [0.25, 0.3) is 10.9 Å². The number of hydrogen-bond acceptors (Lipinski definition) is 0. The Kier molecular flexibility index (Phi) is 3.78. The maximum absolute atomic E-state index is 6.27. The van der Waals surface area contributed by atoms with Gasteiger partial charge < -0.3 is 4.57 Å². The molecule has 92 valence electrons. The second-order valence-electron chi connectivity index (χ2n) is 5.38. The van der Waals surface area contributed by atoms with Gasteiger partial charge in [-0.2, -0.15) is 0 Å². The van der Waals surface area contributed by atoms with Gasteiger partial charge in [-0.3, -0.25) is 0 Å². The van der Waals surface area contributed by atoms with Gasteiger partial charge in [-0.25, -0.2) is 0 Å². The topological polar surface area (TPSA) is 4.93 Å². The Labute approximate surface area is 108 Å². The van der Waals surface area contributed by atoms with Crippen molar-refractivity contribution < 1.29 is 0 Å². The summed E-state index contributed by atoms with van der Waals surface area (Å²) < 4.78 is 2.28. The zero-order valence-corrected chi connectivity index (χ0v) is 11.5. The summed E-state index contributed by atoms with van der Waals surface area (Å²) >= 11 is 6.27. The first kappa shape index (κ1) is 12.5. The quantitative estimate of drug-likeness (QED) is 0.721. The van der Waals surface area contributed by atoms with Gasteiger partial charge in [0.15, 0.2) is 0 Å². The summed E-state index contributed by atoms with van der Waals surface area (Å²) in [7, 11) is 0. The van der Waals surface area contributed by atoms with E-state index in [9.17, 15) is 0 Å². The van der Waals surface area contributed by atoms with Crippen molar-refractivity contribution in [2.75, 3.05) is 0 Å². The molecule has 1 atom stereocenters. The minimum atomic E-state index is 0.682. The van der Waals surface area contributed by atoms with E-state index >= 15 is 0 Å². The molecule has 0 aliphatic heterocycles. The van der Waals surface area contributed by atoms with Crippen LogP contribution in [0.5, 0.6) is 0 Å². The number of benzene rings is 1. The normalized spacial score (nSPS) is 13.5. The van der Waals surface area contributed by atoms with Crippen molar-refractivity contribution in [1.82, 2.24) is 4.57 Å². The molecule has 0 saturated heterocycles. The van der Waals surface area contributed by atoms with Gasteiger partial charge >= 0.3 is 0 Å². The van der Waals surface area contributed by atoms with Gasteiger partial charge in [-0.15, -0.1) is 0 Å². The van der Waals surface area contributed by atoms with Gasteiger partial charge in [0.05, 0.1) is 10.5 Å². The van der Waals surface area contributed by atoms with E-state index < -0.39 is 0 Å². The third-order valence-corrected chi connectivity index (χ3v) is 3.43. The molecule has 1 heterocycles. The highest BCUT2D eigenvalue weighted by atomic mass is 35.5. The molecular weight excluding hydrogens is 230 g/mol. The van der Waals surface area contributed by atoms with E-state index in [1.807, 2.05) is 12.1 Å². The Morgan fingerprint density at radius 2 is 1.94 bits per heavy atom. The molecule has 17 heavy (non-hydrogen) atoms. The van der Waals surface area contributed by atoms with E-state index in [4.69, 9.17) is 11.6 Å². The number of para-hydroxylation sites is 1. The zero-order valence-electron chi connectivity index (χ0n) is 10.8. The fourth-order valence-corrected chi connectivity index (χ4v) is 2.87. The van der Waals surface area contributed by atoms with Crippen LogP contribution in [-0.4, -0.2) is 4.57 Å². The average Bonchev–Trinajstić information content (AvgIpc) is 2.61. The summed E-state index contributed by atoms with van der Waals surface area (Å²) in [5.74, 6) is 1.43. The van der Waals surface area contributed by atoms with Crippen LogP contribution in [0.4, 0.5) is 0 Å². The summed E-state index contributed by atoms with van der Waals surface area (Å²) in [6.07, 6.45) is 3.40. The molecule has 0 aliphatic carbocycles. The minimum absolute atomic E-state index is 0.682. The van der Waals surface area contributed by atoms with Gasteiger partial charge in [-0.05, 0) is 30.4 Å². The van der Waals surface area contributed by atoms with Crippen LogP contribution >= 0.6 is 11.6 Å². The highest BCUT2D eigenvalue weighted by molar-refractivity contribution is 6.35. The Morgan fingerprint density at radius 3 is 2.65 bits per heavy atom. The van der Waals surface area contributed by atoms with Gasteiger partial charge in [-0.1, -0.05) is 44.5 Å². The Balaban J connectivity index is 2.24. The Bertz CT molecular complexity index is 499. The van der Waals surface area contributed by atoms with E-state index in [0.29, 0.717) is 5.92 Å². The second kappa shape index (κ2) is 5.14. The third kappa shape index (κ3) is 2.84. The van der Waals surface area contributed by atoms with Crippen molar-refractivity contribution in [2.45, 2.75) is 33.7 Å². The van der Waals surface area contributed by atoms with Gasteiger partial charge in [0.25, 0.3) is 0 Å². The second-order valence-corrected chi connectivity index (χ2v) is 5.79. The van der Waals surface area contributed by atoms with Crippen molar-refractivity contribution in [3.8, 4) is 0 Å². The third-order valence-electron chi connectivity index (χ3n) is 3.12. The highest BCUT2D eigenvalue weighted by Gasteiger charge is 2.09. The number of hydrogen-bond donors (Lipinski definition) is 0. The molecule has 0 aliphatic rings. The van der Waals surface area contributed by atoms with E-state index in [0.717, 1.165) is 17.5 Å². The fraction of sp³-hybridized carbons (Fsp3) is 0.467. The van der Waals surface area contributed by atoms with Crippen LogP contribution in [0.3, 0.4) is 0 Å². The summed E-state index contributed by atoms with van der Waals surface area (Å²) in [6.45, 7) is 7.91. The summed E-state index contributed by atoms with van der Waals surface area (Å²) in [4.78, 5) is 0. The number of rotatable bonds is 4. The summed E-state index contributed by atoms with van der Waals surface area (Å²) in [5, 5.41) is 2.08. The zero-order chi connectivity index (χ0) is 12.4. The van der Waals surface area contributed by atoms with Crippen molar-refractivity contribution >= 4 is 22.5 Å². The molecular formula is C15H20ClN. The maximum Gasteiger partial charge on any atom is 0.0669 e. The van der Waals surface area contributed by atoms with Crippen molar-refractivity contribution in [3.63, 3.8) is 0 Å². The van der Waals surface area contributed by atoms with Gasteiger partial charge in [0.1, 0.15) is 0 Å². The minimum Gasteiger partial charge on any atom is -0.346 e. The fourth-order valence-electron chi connectivity index (χ4n) is 2.58. The van der Waals surface area contributed by atoms with Crippen molar-refractivity contribution in [3.05, 3.63) is 35.5 Å². The monoisotopic (exact) mass is 249 g/mol. The van der Waals surface area contributed by atoms with Crippen LogP contribution in [0.2, 0.25) is 5.02 Å². The molecule has 1 aromatic heterocycles. The predicted molar refractivity (Wildman–Crippen MR) is 75.6 cm³/mol. The lowest BCUT2D eigenvalue weighted by atomic mass is 9.99. The van der Waals surface area contributed by atoms with E-state index in [-0.39, 0.29) is 0 Å². The molecule has 0 N–H and O–H groups in total. The first-order valence-corrected chi connectivity index (χ1v) is 6.69. The average molecular weight is 250 g/mol. The molecule has 0 saturated carbocycles. The summed E-state index contributed by atoms with van der Waals surface area (Å²) in [5.41, 5.74) is 1.17. The van der Waals surface area contributed by atoms with Crippen molar-refractivity contribution in [1.29, 1.82) is 0 Å². The SMILES string of the molecule is CC(C)CC(C)Cn1ccc2cccc(Cl)c21. The van der Waals surface area contributed by atoms with Crippen LogP contribution in [-0.2, 0) is 6.54 Å². The number of aromatic nitrogens is 1. The predicted octanol–water partition coefficient (Wildman–Crippen LogP) is 4.98. The molecule has 0 amide bonds. The van der Waals surface area contributed by atoms with Crippen LogP contribution < -0.4 is 0 Å². The van der Waals surface area contributed by atoms with Crippen LogP contribution in [0.1, 0.15) is 27.2 Å². The molecule has 0 bridgehead atoms. The highest BCUT2D eigenvalue weighted by Crippen LogP contribution is 2.26. The van der Waals surface area contributed by atoms with Gasteiger partial charge in [0, 0.05) is 18.1 Å². The lowest BCUT2D eigenvalue weighted by Gasteiger charge is -2.16.